The second-order valence-electron chi connectivity index (χ2n) is 4.61. The molecule has 0 aliphatic carbocycles. The molecule has 108 valence electrons. The average molecular weight is 293 g/mol. The lowest BCUT2D eigenvalue weighted by atomic mass is 10.3. The largest absolute Gasteiger partial charge is 0.370 e. The number of hydrogen-bond donors (Lipinski definition) is 2. The third kappa shape index (κ3) is 3.22. The quantitative estimate of drug-likeness (QED) is 0.799. The van der Waals surface area contributed by atoms with Crippen molar-refractivity contribution in [2.75, 3.05) is 11.9 Å². The highest BCUT2D eigenvalue weighted by Crippen LogP contribution is 2.24. The van der Waals surface area contributed by atoms with Crippen LogP contribution in [-0.4, -0.2) is 26.3 Å². The molecule has 6 nitrogen and oxygen atoms in total. The molecule has 0 radical (unpaired) electrons. The van der Waals surface area contributed by atoms with Gasteiger partial charge in [-0.15, -0.1) is 5.10 Å². The van der Waals surface area contributed by atoms with Crippen molar-refractivity contribution in [1.82, 2.24) is 19.7 Å². The molecular formula is C13H19N5OS. The molecule has 0 fully saturated rings. The Kier molecular flexibility index (Phi) is 4.84. The number of pyridine rings is 1. The molecule has 2 heterocycles. The summed E-state index contributed by atoms with van der Waals surface area (Å²) in [7, 11) is 0. The number of H-pyrrole nitrogens is 1. The van der Waals surface area contributed by atoms with Gasteiger partial charge >= 0.3 is 5.69 Å². The fraction of sp³-hybridized carbons (Fsp3) is 0.462. The van der Waals surface area contributed by atoms with Crippen LogP contribution in [0.15, 0.2) is 28.3 Å². The van der Waals surface area contributed by atoms with Gasteiger partial charge in [-0.3, -0.25) is 4.57 Å². The van der Waals surface area contributed by atoms with E-state index < -0.39 is 0 Å². The van der Waals surface area contributed by atoms with Gasteiger partial charge in [0.15, 0.2) is 5.16 Å². The molecular weight excluding hydrogens is 274 g/mol. The van der Waals surface area contributed by atoms with Crippen molar-refractivity contribution in [3.05, 3.63) is 34.4 Å². The summed E-state index contributed by atoms with van der Waals surface area (Å²) in [5.74, 6) is 1.60. The van der Waals surface area contributed by atoms with Crippen molar-refractivity contribution in [3.63, 3.8) is 0 Å². The zero-order chi connectivity index (χ0) is 14.5. The number of nitrogens with one attached hydrogen (secondary N) is 2. The molecule has 0 saturated carbocycles. The molecule has 2 aromatic heterocycles. The summed E-state index contributed by atoms with van der Waals surface area (Å²) in [5.41, 5.74) is 0.936. The predicted octanol–water partition coefficient (Wildman–Crippen LogP) is 2.27. The minimum absolute atomic E-state index is 0.0888. The molecule has 2 aromatic rings. The van der Waals surface area contributed by atoms with Crippen LogP contribution in [0, 0.1) is 0 Å². The van der Waals surface area contributed by atoms with Gasteiger partial charge in [-0.05, 0) is 26.8 Å². The minimum atomic E-state index is -0.166. The van der Waals surface area contributed by atoms with Crippen molar-refractivity contribution >= 4 is 17.6 Å². The maximum Gasteiger partial charge on any atom is 0.344 e. The highest BCUT2D eigenvalue weighted by Gasteiger charge is 2.12. The summed E-state index contributed by atoms with van der Waals surface area (Å²) >= 11 is 1.53. The third-order valence-electron chi connectivity index (χ3n) is 2.78. The van der Waals surface area contributed by atoms with E-state index in [-0.39, 0.29) is 11.7 Å². The lowest BCUT2D eigenvalue weighted by Crippen LogP contribution is -2.19. The molecule has 0 bridgehead atoms. The number of aromatic nitrogens is 4. The fourth-order valence-electron chi connectivity index (χ4n) is 1.87. The van der Waals surface area contributed by atoms with Gasteiger partial charge in [-0.2, -0.15) is 0 Å². The van der Waals surface area contributed by atoms with Gasteiger partial charge in [-0.1, -0.05) is 17.8 Å². The van der Waals surface area contributed by atoms with Gasteiger partial charge < -0.3 is 5.32 Å². The zero-order valence-electron chi connectivity index (χ0n) is 11.9. The average Bonchev–Trinajstić information content (AvgIpc) is 2.79. The van der Waals surface area contributed by atoms with E-state index in [0.717, 1.165) is 17.9 Å². The van der Waals surface area contributed by atoms with E-state index in [1.165, 1.54) is 11.8 Å². The molecule has 0 aliphatic heterocycles. The van der Waals surface area contributed by atoms with Crippen LogP contribution in [0.3, 0.4) is 0 Å². The van der Waals surface area contributed by atoms with Gasteiger partial charge in [0.25, 0.3) is 0 Å². The Morgan fingerprint density at radius 3 is 3.00 bits per heavy atom. The Balaban J connectivity index is 2.15. The second-order valence-corrected chi connectivity index (χ2v) is 5.55. The monoisotopic (exact) mass is 293 g/mol. The maximum absolute atomic E-state index is 11.7. The molecule has 0 spiro atoms. The summed E-state index contributed by atoms with van der Waals surface area (Å²) in [4.78, 5) is 16.0. The molecule has 0 atom stereocenters. The third-order valence-corrected chi connectivity index (χ3v) is 3.78. The number of aromatic amines is 1. The van der Waals surface area contributed by atoms with Crippen LogP contribution in [0.1, 0.15) is 32.4 Å². The van der Waals surface area contributed by atoms with E-state index in [9.17, 15) is 4.79 Å². The molecule has 0 amide bonds. The van der Waals surface area contributed by atoms with Gasteiger partial charge in [-0.25, -0.2) is 14.9 Å². The van der Waals surface area contributed by atoms with Crippen LogP contribution in [-0.2, 0) is 5.75 Å². The first kappa shape index (κ1) is 14.6. The first-order valence-corrected chi connectivity index (χ1v) is 7.59. The van der Waals surface area contributed by atoms with E-state index in [2.05, 4.69) is 20.5 Å². The van der Waals surface area contributed by atoms with Gasteiger partial charge in [0.2, 0.25) is 0 Å². The van der Waals surface area contributed by atoms with Crippen molar-refractivity contribution in [1.29, 1.82) is 0 Å². The number of rotatable bonds is 6. The molecule has 7 heteroatoms. The molecule has 0 saturated heterocycles. The Labute approximate surface area is 122 Å². The maximum atomic E-state index is 11.7. The van der Waals surface area contributed by atoms with Crippen LogP contribution in [0.5, 0.6) is 0 Å². The molecule has 0 aromatic carbocycles. The lowest BCUT2D eigenvalue weighted by molar-refractivity contribution is 0.534. The van der Waals surface area contributed by atoms with Crippen LogP contribution in [0.25, 0.3) is 0 Å². The summed E-state index contributed by atoms with van der Waals surface area (Å²) < 4.78 is 1.66. The molecule has 2 N–H and O–H groups in total. The van der Waals surface area contributed by atoms with Crippen LogP contribution >= 0.6 is 11.8 Å². The zero-order valence-corrected chi connectivity index (χ0v) is 12.7. The van der Waals surface area contributed by atoms with Gasteiger partial charge in [0, 0.05) is 30.1 Å². The highest BCUT2D eigenvalue weighted by atomic mass is 32.2. The first-order valence-electron chi connectivity index (χ1n) is 6.61. The van der Waals surface area contributed by atoms with Gasteiger partial charge in [0.05, 0.1) is 0 Å². The smallest absolute Gasteiger partial charge is 0.344 e. The van der Waals surface area contributed by atoms with E-state index in [0.29, 0.717) is 10.9 Å². The summed E-state index contributed by atoms with van der Waals surface area (Å²) in [6.07, 6.45) is 1.77. The minimum Gasteiger partial charge on any atom is -0.370 e. The van der Waals surface area contributed by atoms with E-state index in [4.69, 9.17) is 0 Å². The topological polar surface area (TPSA) is 75.6 Å². The number of anilines is 1. The van der Waals surface area contributed by atoms with Crippen LogP contribution in [0.4, 0.5) is 5.82 Å². The highest BCUT2D eigenvalue weighted by molar-refractivity contribution is 7.98. The number of hydrogen-bond acceptors (Lipinski definition) is 5. The first-order chi connectivity index (χ1) is 9.63. The summed E-state index contributed by atoms with van der Waals surface area (Å²) in [6, 6.07) is 4.03. The van der Waals surface area contributed by atoms with Crippen molar-refractivity contribution in [2.45, 2.75) is 37.7 Å². The molecule has 20 heavy (non-hydrogen) atoms. The van der Waals surface area contributed by atoms with Crippen LogP contribution < -0.4 is 11.0 Å². The lowest BCUT2D eigenvalue weighted by Gasteiger charge is -2.10. The Morgan fingerprint density at radius 1 is 1.50 bits per heavy atom. The number of thioether (sulfide) groups is 1. The van der Waals surface area contributed by atoms with E-state index >= 15 is 0 Å². The van der Waals surface area contributed by atoms with Crippen molar-refractivity contribution < 1.29 is 0 Å². The van der Waals surface area contributed by atoms with E-state index in [1.54, 1.807) is 10.8 Å². The standard InChI is InChI=1S/C13H19N5OS/c1-4-14-11-10(6-5-7-15-11)8-20-13-17-16-12(19)18(13)9(2)3/h5-7,9H,4,8H2,1-3H3,(H,14,15)(H,16,19). The molecule has 2 rings (SSSR count). The van der Waals surface area contributed by atoms with E-state index in [1.807, 2.05) is 32.9 Å². The normalized spacial score (nSPS) is 11.0. The van der Waals surface area contributed by atoms with Crippen molar-refractivity contribution in [3.8, 4) is 0 Å². The Hall–Kier alpha value is -1.76. The predicted molar refractivity (Wildman–Crippen MR) is 81.2 cm³/mol. The van der Waals surface area contributed by atoms with Crippen LogP contribution in [0.2, 0.25) is 0 Å². The summed E-state index contributed by atoms with van der Waals surface area (Å²) in [5, 5.41) is 10.5. The summed E-state index contributed by atoms with van der Waals surface area (Å²) in [6.45, 7) is 6.80. The van der Waals surface area contributed by atoms with Gasteiger partial charge in [0.1, 0.15) is 5.82 Å². The Morgan fingerprint density at radius 2 is 2.30 bits per heavy atom. The second kappa shape index (κ2) is 6.60. The molecule has 0 unspecified atom stereocenters. The fourth-order valence-corrected chi connectivity index (χ4v) is 2.93. The Bertz CT molecular complexity index is 619. The molecule has 0 aliphatic rings. The van der Waals surface area contributed by atoms with Crippen molar-refractivity contribution in [2.24, 2.45) is 0 Å². The number of nitrogens with zero attached hydrogens (tertiary/aromatic N) is 3. The SMILES string of the molecule is CCNc1ncccc1CSc1n[nH]c(=O)n1C(C)C.